The van der Waals surface area contributed by atoms with Gasteiger partial charge in [0.25, 0.3) is 0 Å². The number of ether oxygens (including phenoxy) is 1. The van der Waals surface area contributed by atoms with E-state index < -0.39 is 11.4 Å². The van der Waals surface area contributed by atoms with Gasteiger partial charge < -0.3 is 19.5 Å². The lowest BCUT2D eigenvalue weighted by atomic mass is 10.1. The quantitative estimate of drug-likeness (QED) is 0.844. The van der Waals surface area contributed by atoms with E-state index in [0.717, 1.165) is 0 Å². The topological polar surface area (TPSA) is 70.6 Å². The number of nitrogens with one attached hydrogen (secondary N) is 1. The number of carbonyl (C=O) groups excluding carboxylic acids is 1. The highest BCUT2D eigenvalue weighted by Gasteiger charge is 2.31. The second kappa shape index (κ2) is 6.34. The Morgan fingerprint density at radius 2 is 2.00 bits per heavy atom. The Morgan fingerprint density at radius 3 is 2.62 bits per heavy atom. The van der Waals surface area contributed by atoms with Crippen molar-refractivity contribution < 1.29 is 13.9 Å². The molecule has 1 N–H and O–H groups in total. The van der Waals surface area contributed by atoms with Gasteiger partial charge in [0.2, 0.25) is 0 Å². The van der Waals surface area contributed by atoms with E-state index in [9.17, 15) is 14.0 Å². The molecule has 1 aromatic heterocycles. The first kappa shape index (κ1) is 18.3. The molecular formula is C18H25FN4O3. The van der Waals surface area contributed by atoms with Crippen molar-refractivity contribution in [2.45, 2.75) is 39.3 Å². The maximum absolute atomic E-state index is 14.6. The third-order valence-corrected chi connectivity index (χ3v) is 4.56. The first-order chi connectivity index (χ1) is 12.1. The summed E-state index contributed by atoms with van der Waals surface area (Å²) in [7, 11) is 1.65. The Balaban J connectivity index is 1.83. The molecule has 142 valence electrons. The lowest BCUT2D eigenvalue weighted by molar-refractivity contribution is 0.0218. The number of hydrogen-bond donors (Lipinski definition) is 1. The van der Waals surface area contributed by atoms with Gasteiger partial charge in [-0.1, -0.05) is 0 Å². The lowest BCUT2D eigenvalue weighted by Gasteiger charge is -2.41. The molecule has 2 heterocycles. The number of benzene rings is 1. The largest absolute Gasteiger partial charge is 0.444 e. The Hall–Kier alpha value is -2.51. The van der Waals surface area contributed by atoms with Crippen LogP contribution in [0, 0.1) is 5.82 Å². The van der Waals surface area contributed by atoms with Crippen LogP contribution in [0.15, 0.2) is 16.9 Å². The molecule has 3 rings (SSSR count). The molecule has 0 radical (unpaired) electrons. The molecule has 0 spiro atoms. The van der Waals surface area contributed by atoms with Crippen molar-refractivity contribution in [3.63, 3.8) is 0 Å². The maximum Gasteiger partial charge on any atom is 0.410 e. The summed E-state index contributed by atoms with van der Waals surface area (Å²) < 4.78 is 21.5. The van der Waals surface area contributed by atoms with Crippen molar-refractivity contribution in [3.8, 4) is 0 Å². The molecule has 0 unspecified atom stereocenters. The molecule has 1 aliphatic rings. The third-order valence-electron chi connectivity index (χ3n) is 4.56. The fourth-order valence-electron chi connectivity index (χ4n) is 3.26. The summed E-state index contributed by atoms with van der Waals surface area (Å²) in [6.07, 6.45) is -0.354. The molecule has 0 saturated carbocycles. The van der Waals surface area contributed by atoms with E-state index in [0.29, 0.717) is 36.4 Å². The standard InChI is InChI=1S/C18H25FN4O3/c1-11-10-22(17(25)26-18(2,3)4)6-7-23(11)14-9-15-13(8-12(14)19)20-16(24)21(15)5/h8-9,11H,6-7,10H2,1-5H3,(H,20,24)/t11-/m0/s1. The number of carbonyl (C=O) groups is 1. The number of aromatic amines is 1. The highest BCUT2D eigenvalue weighted by Crippen LogP contribution is 2.28. The van der Waals surface area contributed by atoms with Gasteiger partial charge in [-0.2, -0.15) is 0 Å². The highest BCUT2D eigenvalue weighted by molar-refractivity contribution is 5.80. The van der Waals surface area contributed by atoms with Crippen LogP contribution in [-0.2, 0) is 11.8 Å². The monoisotopic (exact) mass is 364 g/mol. The fraction of sp³-hybridized carbons (Fsp3) is 0.556. The molecule has 1 fully saturated rings. The summed E-state index contributed by atoms with van der Waals surface area (Å²) in [5, 5.41) is 0. The predicted molar refractivity (Wildman–Crippen MR) is 98.1 cm³/mol. The van der Waals surface area contributed by atoms with Crippen LogP contribution in [0.5, 0.6) is 0 Å². The Kier molecular flexibility index (Phi) is 4.46. The van der Waals surface area contributed by atoms with Gasteiger partial charge in [-0.05, 0) is 33.8 Å². The predicted octanol–water partition coefficient (Wildman–Crippen LogP) is 2.45. The minimum Gasteiger partial charge on any atom is -0.444 e. The fourth-order valence-corrected chi connectivity index (χ4v) is 3.26. The van der Waals surface area contributed by atoms with Crippen LogP contribution in [0.25, 0.3) is 11.0 Å². The minimum atomic E-state index is -0.548. The van der Waals surface area contributed by atoms with E-state index in [-0.39, 0.29) is 17.8 Å². The number of piperazine rings is 1. The zero-order valence-corrected chi connectivity index (χ0v) is 15.8. The molecule has 8 heteroatoms. The molecule has 2 aromatic rings. The van der Waals surface area contributed by atoms with Crippen LogP contribution in [0.2, 0.25) is 0 Å². The van der Waals surface area contributed by atoms with E-state index in [2.05, 4.69) is 4.98 Å². The van der Waals surface area contributed by atoms with Gasteiger partial charge in [0, 0.05) is 38.8 Å². The molecule has 1 aliphatic heterocycles. The van der Waals surface area contributed by atoms with Gasteiger partial charge in [0.05, 0.1) is 16.7 Å². The number of nitrogens with zero attached hydrogens (tertiary/aromatic N) is 3. The lowest BCUT2D eigenvalue weighted by Crippen LogP contribution is -2.54. The van der Waals surface area contributed by atoms with Crippen LogP contribution < -0.4 is 10.6 Å². The first-order valence-electron chi connectivity index (χ1n) is 8.69. The molecule has 0 aliphatic carbocycles. The van der Waals surface area contributed by atoms with Crippen molar-refractivity contribution in [2.24, 2.45) is 7.05 Å². The van der Waals surface area contributed by atoms with Crippen molar-refractivity contribution in [2.75, 3.05) is 24.5 Å². The average molecular weight is 364 g/mol. The zero-order chi connectivity index (χ0) is 19.2. The summed E-state index contributed by atoms with van der Waals surface area (Å²) >= 11 is 0. The highest BCUT2D eigenvalue weighted by atomic mass is 19.1. The first-order valence-corrected chi connectivity index (χ1v) is 8.69. The molecule has 1 saturated heterocycles. The number of H-pyrrole nitrogens is 1. The number of hydrogen-bond acceptors (Lipinski definition) is 4. The number of imidazole rings is 1. The van der Waals surface area contributed by atoms with Crippen LogP contribution in [0.1, 0.15) is 27.7 Å². The molecule has 1 amide bonds. The number of halogens is 1. The van der Waals surface area contributed by atoms with E-state index >= 15 is 0 Å². The summed E-state index contributed by atoms with van der Waals surface area (Å²) in [4.78, 5) is 30.2. The Morgan fingerprint density at radius 1 is 1.31 bits per heavy atom. The summed E-state index contributed by atoms with van der Waals surface area (Å²) in [5.74, 6) is -0.392. The van der Waals surface area contributed by atoms with Gasteiger partial charge >= 0.3 is 11.8 Å². The average Bonchev–Trinajstić information content (AvgIpc) is 2.79. The number of aromatic nitrogens is 2. The van der Waals surface area contributed by atoms with Gasteiger partial charge in [0.15, 0.2) is 0 Å². The SMILES string of the molecule is C[C@H]1CN(C(=O)OC(C)(C)C)CCN1c1cc2c(cc1F)[nH]c(=O)n2C. The molecule has 1 atom stereocenters. The van der Waals surface area contributed by atoms with Crippen molar-refractivity contribution >= 4 is 22.8 Å². The Bertz CT molecular complexity index is 896. The number of fused-ring (bicyclic) bond motifs is 1. The van der Waals surface area contributed by atoms with Gasteiger partial charge in [0.1, 0.15) is 11.4 Å². The zero-order valence-electron chi connectivity index (χ0n) is 15.8. The number of amides is 1. The number of anilines is 1. The summed E-state index contributed by atoms with van der Waals surface area (Å²) in [6, 6.07) is 2.94. The summed E-state index contributed by atoms with van der Waals surface area (Å²) in [5.41, 5.74) is 0.725. The number of aryl methyl sites for hydroxylation is 1. The summed E-state index contributed by atoms with van der Waals surface area (Å²) in [6.45, 7) is 8.81. The van der Waals surface area contributed by atoms with Gasteiger partial charge in [-0.25, -0.2) is 14.0 Å². The normalized spacial score (nSPS) is 18.5. The molecule has 1 aromatic carbocycles. The van der Waals surface area contributed by atoms with Crippen molar-refractivity contribution in [1.82, 2.24) is 14.5 Å². The van der Waals surface area contributed by atoms with Crippen LogP contribution >= 0.6 is 0 Å². The molecule has 7 nitrogen and oxygen atoms in total. The van der Waals surface area contributed by atoms with Crippen LogP contribution in [-0.4, -0.2) is 51.8 Å². The smallest absolute Gasteiger partial charge is 0.410 e. The molecule has 0 bridgehead atoms. The number of rotatable bonds is 1. The second-order valence-corrected chi connectivity index (χ2v) is 7.78. The second-order valence-electron chi connectivity index (χ2n) is 7.78. The van der Waals surface area contributed by atoms with Gasteiger partial charge in [-0.15, -0.1) is 0 Å². The minimum absolute atomic E-state index is 0.0841. The van der Waals surface area contributed by atoms with Crippen LogP contribution in [0.3, 0.4) is 0 Å². The van der Waals surface area contributed by atoms with E-state index in [1.54, 1.807) is 18.0 Å². The van der Waals surface area contributed by atoms with E-state index in [4.69, 9.17) is 4.74 Å². The molecular weight excluding hydrogens is 339 g/mol. The van der Waals surface area contributed by atoms with E-state index in [1.807, 2.05) is 32.6 Å². The maximum atomic E-state index is 14.6. The van der Waals surface area contributed by atoms with E-state index in [1.165, 1.54) is 10.6 Å². The molecule has 26 heavy (non-hydrogen) atoms. The van der Waals surface area contributed by atoms with Crippen molar-refractivity contribution in [1.29, 1.82) is 0 Å². The Labute approximate surface area is 151 Å². The van der Waals surface area contributed by atoms with Gasteiger partial charge in [-0.3, -0.25) is 4.57 Å². The third kappa shape index (κ3) is 3.40. The van der Waals surface area contributed by atoms with Crippen molar-refractivity contribution in [3.05, 3.63) is 28.4 Å². The van der Waals surface area contributed by atoms with Crippen LogP contribution in [0.4, 0.5) is 14.9 Å².